The minimum atomic E-state index is -0.545. The molecule has 0 spiro atoms. The average Bonchev–Trinajstić information content (AvgIpc) is 2.92. The van der Waals surface area contributed by atoms with E-state index in [0.717, 1.165) is 0 Å². The predicted octanol–water partition coefficient (Wildman–Crippen LogP) is 5.49. The molecular weight excluding hydrogens is 354 g/mol. The largest absolute Gasteiger partial charge is 0.147 e. The van der Waals surface area contributed by atoms with Crippen molar-refractivity contribution in [2.75, 3.05) is 0 Å². The van der Waals surface area contributed by atoms with E-state index >= 15 is 0 Å². The van der Waals surface area contributed by atoms with Gasteiger partial charge in [0.2, 0.25) is 0 Å². The molecular formula is C16H20Cl2Zr. The first kappa shape index (κ1) is 18.9. The molecule has 2 rings (SSSR count). The van der Waals surface area contributed by atoms with Crippen LogP contribution in [0.5, 0.6) is 0 Å². The summed E-state index contributed by atoms with van der Waals surface area (Å²) >= 11 is -0.545. The molecule has 2 aliphatic rings. The third-order valence-electron chi connectivity index (χ3n) is 2.93. The summed E-state index contributed by atoms with van der Waals surface area (Å²) in [4.78, 5) is 0. The summed E-state index contributed by atoms with van der Waals surface area (Å²) in [6.07, 6.45) is 20.4. The maximum atomic E-state index is 2.31. The Morgan fingerprint density at radius 2 is 1.26 bits per heavy atom. The summed E-state index contributed by atoms with van der Waals surface area (Å²) in [5.41, 5.74) is 2.97. The van der Waals surface area contributed by atoms with Crippen LogP contribution < -0.4 is 0 Å². The van der Waals surface area contributed by atoms with Crippen LogP contribution in [0.15, 0.2) is 66.3 Å². The van der Waals surface area contributed by atoms with Crippen LogP contribution in [0.4, 0.5) is 0 Å². The van der Waals surface area contributed by atoms with Crippen molar-refractivity contribution in [2.45, 2.75) is 26.7 Å². The second-order valence-corrected chi connectivity index (χ2v) is 7.79. The molecule has 0 aromatic heterocycles. The van der Waals surface area contributed by atoms with Gasteiger partial charge in [0, 0.05) is 0 Å². The van der Waals surface area contributed by atoms with Crippen molar-refractivity contribution in [2.24, 2.45) is 0 Å². The minimum absolute atomic E-state index is 0. The molecule has 0 heterocycles. The van der Waals surface area contributed by atoms with Crippen LogP contribution in [-0.4, -0.2) is 0 Å². The van der Waals surface area contributed by atoms with Gasteiger partial charge in [0.1, 0.15) is 0 Å². The molecule has 0 fully saturated rings. The number of allylic oxidation sites excluding steroid dienone is 12. The molecule has 0 amide bonds. The first-order valence-corrected chi connectivity index (χ1v) is 8.62. The van der Waals surface area contributed by atoms with Crippen LogP contribution in [0, 0.1) is 0 Å². The van der Waals surface area contributed by atoms with E-state index in [1.54, 1.807) is 6.56 Å². The summed E-state index contributed by atoms with van der Waals surface area (Å²) in [5, 5.41) is 0. The average molecular weight is 374 g/mol. The normalized spacial score (nSPS) is 17.6. The van der Waals surface area contributed by atoms with E-state index < -0.39 is 23.2 Å². The van der Waals surface area contributed by atoms with Crippen molar-refractivity contribution in [1.82, 2.24) is 0 Å². The maximum Gasteiger partial charge on any atom is -0.147 e. The Kier molecular flexibility index (Phi) is 9.70. The van der Waals surface area contributed by atoms with Gasteiger partial charge in [0.25, 0.3) is 0 Å². The molecule has 0 radical (unpaired) electrons. The molecule has 0 aliphatic heterocycles. The Morgan fingerprint density at radius 3 is 1.63 bits per heavy atom. The number of hydrogen-bond acceptors (Lipinski definition) is 0. The number of hydrogen-bond donors (Lipinski definition) is 0. The molecule has 0 aromatic carbocycles. The van der Waals surface area contributed by atoms with Crippen molar-refractivity contribution in [3.05, 3.63) is 66.3 Å². The molecule has 19 heavy (non-hydrogen) atoms. The smallest absolute Gasteiger partial charge is 0.147 e. The van der Waals surface area contributed by atoms with Crippen molar-refractivity contribution in [3.63, 3.8) is 0 Å². The Labute approximate surface area is 140 Å². The fourth-order valence-electron chi connectivity index (χ4n) is 2.14. The fourth-order valence-corrected chi connectivity index (χ4v) is 5.65. The summed E-state index contributed by atoms with van der Waals surface area (Å²) in [5.74, 6) is 0. The summed E-state index contributed by atoms with van der Waals surface area (Å²) < 4.78 is 3.46. The van der Waals surface area contributed by atoms with Gasteiger partial charge in [-0.05, 0) is 0 Å². The zero-order valence-electron chi connectivity index (χ0n) is 11.3. The van der Waals surface area contributed by atoms with Gasteiger partial charge in [-0.1, -0.05) is 0 Å². The monoisotopic (exact) mass is 372 g/mol. The molecule has 0 N–H and O–H groups in total. The van der Waals surface area contributed by atoms with Crippen molar-refractivity contribution in [3.8, 4) is 0 Å². The number of rotatable bonds is 4. The molecule has 0 saturated carbocycles. The summed E-state index contributed by atoms with van der Waals surface area (Å²) in [6.45, 7) is 4.20. The van der Waals surface area contributed by atoms with Gasteiger partial charge in [-0.15, -0.1) is 24.8 Å². The molecule has 0 nitrogen and oxygen atoms in total. The minimum Gasteiger partial charge on any atom is -0.147 e. The van der Waals surface area contributed by atoms with E-state index in [9.17, 15) is 0 Å². The Balaban J connectivity index is 0.00000162. The van der Waals surface area contributed by atoms with E-state index in [1.807, 2.05) is 0 Å². The van der Waals surface area contributed by atoms with Gasteiger partial charge < -0.3 is 0 Å². The molecule has 0 bridgehead atoms. The molecule has 2 aliphatic carbocycles. The van der Waals surface area contributed by atoms with E-state index in [-0.39, 0.29) is 24.8 Å². The number of halogens is 2. The molecule has 0 aromatic rings. The van der Waals surface area contributed by atoms with Gasteiger partial charge in [-0.3, -0.25) is 0 Å². The third kappa shape index (κ3) is 5.06. The van der Waals surface area contributed by atoms with Crippen LogP contribution in [-0.2, 0) is 23.2 Å². The fraction of sp³-hybridized carbons (Fsp3) is 0.250. The zero-order chi connectivity index (χ0) is 12.1. The van der Waals surface area contributed by atoms with Crippen LogP contribution in [0.25, 0.3) is 0 Å². The van der Waals surface area contributed by atoms with Crippen molar-refractivity contribution < 1.29 is 23.2 Å². The first-order chi connectivity index (χ1) is 8.35. The molecule has 102 valence electrons. The van der Waals surface area contributed by atoms with E-state index in [1.165, 1.54) is 24.0 Å². The topological polar surface area (TPSA) is 0 Å². The second-order valence-electron chi connectivity index (χ2n) is 4.21. The standard InChI is InChI=1S/2C8H9.2ClH.Zr/c2*1-2-5-8-6-3-4-7-8;;;/h2*2-3,5-6H,4H2,1H3;2*1H;. The van der Waals surface area contributed by atoms with E-state index in [2.05, 4.69) is 62.5 Å². The van der Waals surface area contributed by atoms with Gasteiger partial charge in [0.15, 0.2) is 0 Å². The molecule has 0 unspecified atom stereocenters. The van der Waals surface area contributed by atoms with Crippen molar-refractivity contribution >= 4 is 24.8 Å². The van der Waals surface area contributed by atoms with Crippen LogP contribution in [0.2, 0.25) is 0 Å². The predicted molar refractivity (Wildman–Crippen MR) is 85.7 cm³/mol. The van der Waals surface area contributed by atoms with Gasteiger partial charge in [0.05, 0.1) is 0 Å². The summed E-state index contributed by atoms with van der Waals surface area (Å²) in [6, 6.07) is 0. The second kappa shape index (κ2) is 9.75. The summed E-state index contributed by atoms with van der Waals surface area (Å²) in [7, 11) is 0. The third-order valence-corrected chi connectivity index (χ3v) is 6.84. The van der Waals surface area contributed by atoms with Gasteiger partial charge in [-0.25, -0.2) is 0 Å². The van der Waals surface area contributed by atoms with E-state index in [0.29, 0.717) is 0 Å². The molecule has 0 saturated heterocycles. The van der Waals surface area contributed by atoms with Gasteiger partial charge in [-0.2, -0.15) is 0 Å². The van der Waals surface area contributed by atoms with Crippen LogP contribution >= 0.6 is 24.8 Å². The van der Waals surface area contributed by atoms with E-state index in [4.69, 9.17) is 0 Å². The Bertz CT molecular complexity index is 433. The van der Waals surface area contributed by atoms with Crippen molar-refractivity contribution in [1.29, 1.82) is 0 Å². The Morgan fingerprint density at radius 1 is 0.842 bits per heavy atom. The maximum absolute atomic E-state index is 2.31. The molecule has 3 heteroatoms. The Hall–Kier alpha value is -0.0969. The van der Waals surface area contributed by atoms with Gasteiger partial charge >= 0.3 is 116 Å². The van der Waals surface area contributed by atoms with Crippen LogP contribution in [0.1, 0.15) is 26.7 Å². The SMILES string of the molecule is CC=CC1=[C]([Zr][C]2=C(C=CC)C=CC2)CC=C1.Cl.Cl. The zero-order valence-corrected chi connectivity index (χ0v) is 15.4. The van der Waals surface area contributed by atoms with Crippen LogP contribution in [0.3, 0.4) is 0 Å². The first-order valence-electron chi connectivity index (χ1n) is 6.17. The molecule has 0 atom stereocenters. The quantitative estimate of drug-likeness (QED) is 0.610.